The van der Waals surface area contributed by atoms with Crippen molar-refractivity contribution in [3.63, 3.8) is 0 Å². The molecule has 1 aliphatic heterocycles. The molecule has 1 rings (SSSR count). The van der Waals surface area contributed by atoms with Gasteiger partial charge in [0.05, 0.1) is 0 Å². The van der Waals surface area contributed by atoms with E-state index in [-0.39, 0.29) is 0 Å². The van der Waals surface area contributed by atoms with Crippen molar-refractivity contribution >= 4 is 7.82 Å². The van der Waals surface area contributed by atoms with Gasteiger partial charge in [-0.2, -0.15) is 4.62 Å². The Morgan fingerprint density at radius 3 is 2.14 bits per heavy atom. The number of hydrogen-bond donors (Lipinski definition) is 1. The quantitative estimate of drug-likeness (QED) is 0.300. The topological polar surface area (TPSA) is 80.0 Å². The highest BCUT2D eigenvalue weighted by molar-refractivity contribution is 7.48. The van der Waals surface area contributed by atoms with Gasteiger partial charge in [0.25, 0.3) is 0 Å². The van der Waals surface area contributed by atoms with Crippen LogP contribution in [0.3, 0.4) is 0 Å². The van der Waals surface area contributed by atoms with Crippen molar-refractivity contribution in [3.05, 3.63) is 0 Å². The van der Waals surface area contributed by atoms with Gasteiger partial charge in [0.2, 0.25) is 0 Å². The molecule has 0 spiro atoms. The van der Waals surface area contributed by atoms with Crippen molar-refractivity contribution in [3.8, 4) is 0 Å². The van der Waals surface area contributed by atoms with Crippen molar-refractivity contribution in [1.29, 1.82) is 0 Å². The monoisotopic (exact) mass is 127 g/mol. The average molecular weight is 127 g/mol. The Labute approximate surface area is 38.5 Å². The van der Waals surface area contributed by atoms with Gasteiger partial charge in [0, 0.05) is 0 Å². The fraction of sp³-hybridized carbons (Fsp3) is 0. The second-order valence-corrected chi connectivity index (χ2v) is 2.17. The molecule has 0 unspecified atom stereocenters. The zero-order valence-corrected chi connectivity index (χ0v) is 3.96. The molecule has 42 valence electrons. The molecule has 0 atom stereocenters. The lowest BCUT2D eigenvalue weighted by Gasteiger charge is -2.16. The smallest absolute Gasteiger partial charge is 0.221 e. The molecule has 0 aromatic carbocycles. The van der Waals surface area contributed by atoms with E-state index in [1.165, 1.54) is 0 Å². The fourth-order valence-electron chi connectivity index (χ4n) is 0.115. The van der Waals surface area contributed by atoms with Crippen LogP contribution in [0.25, 0.3) is 0 Å². The van der Waals surface area contributed by atoms with Crippen molar-refractivity contribution in [1.82, 2.24) is 0 Å². The van der Waals surface area contributed by atoms with Crippen LogP contribution in [0.15, 0.2) is 0 Å². The van der Waals surface area contributed by atoms with E-state index in [0.29, 0.717) is 0 Å². The lowest BCUT2D eigenvalue weighted by Crippen LogP contribution is -2.12. The molecular weight excluding hydrogens is 125 g/mol. The van der Waals surface area contributed by atoms with Gasteiger partial charge in [-0.25, -0.2) is 10.5 Å². The molecule has 1 fully saturated rings. The highest BCUT2D eigenvalue weighted by Gasteiger charge is 2.40. The zero-order valence-electron chi connectivity index (χ0n) is 3.07. The van der Waals surface area contributed by atoms with Gasteiger partial charge in [0.15, 0.2) is 0 Å². The van der Waals surface area contributed by atoms with E-state index in [1.54, 1.807) is 0 Å². The van der Waals surface area contributed by atoms with Gasteiger partial charge < -0.3 is 0 Å². The van der Waals surface area contributed by atoms with E-state index in [9.17, 15) is 4.57 Å². The van der Waals surface area contributed by atoms with Gasteiger partial charge in [-0.05, 0) is 5.04 Å². The Hall–Kier alpha value is 0.0300. The van der Waals surface area contributed by atoms with Crippen LogP contribution in [0.2, 0.25) is 0 Å². The van der Waals surface area contributed by atoms with E-state index < -0.39 is 7.82 Å². The predicted octanol–water partition coefficient (Wildman–Crippen LogP) is -0.122. The van der Waals surface area contributed by atoms with E-state index in [4.69, 9.17) is 0 Å². The summed E-state index contributed by atoms with van der Waals surface area (Å²) in [6.45, 7) is 0. The summed E-state index contributed by atoms with van der Waals surface area (Å²) < 4.78 is 21.3. The first-order valence-corrected chi connectivity index (χ1v) is 2.76. The summed E-state index contributed by atoms with van der Waals surface area (Å²) in [6.07, 6.45) is 0. The van der Waals surface area contributed by atoms with E-state index in [0.717, 1.165) is 0 Å². The second kappa shape index (κ2) is 1.52. The van der Waals surface area contributed by atoms with Gasteiger partial charge in [-0.3, -0.25) is 0 Å². The highest BCUT2D eigenvalue weighted by Crippen LogP contribution is 2.55. The third-order valence-corrected chi connectivity index (χ3v) is 1.12. The normalized spacial score (nSPS) is 26.4. The summed E-state index contributed by atoms with van der Waals surface area (Å²) in [6, 6.07) is 0. The summed E-state index contributed by atoms with van der Waals surface area (Å²) in [5, 5.41) is 3.56. The minimum absolute atomic E-state index is 3.42. The largest absolute Gasteiger partial charge is 0.550 e. The summed E-state index contributed by atoms with van der Waals surface area (Å²) in [7, 11) is -3.42. The lowest BCUT2D eigenvalue weighted by molar-refractivity contribution is -0.499. The summed E-state index contributed by atoms with van der Waals surface area (Å²) >= 11 is 0. The van der Waals surface area contributed by atoms with Gasteiger partial charge in [0.1, 0.15) is 0 Å². The minimum Gasteiger partial charge on any atom is -0.221 e. The van der Waals surface area contributed by atoms with E-state index in [1.807, 2.05) is 0 Å². The van der Waals surface area contributed by atoms with Crippen LogP contribution in [-0.2, 0) is 23.6 Å². The molecule has 1 aliphatic rings. The summed E-state index contributed by atoms with van der Waals surface area (Å²) in [5.74, 6) is 4.37. The standard InChI is InChI=1S/H2NO5P/c1-3-7(2)5-4-6-7/h1H2. The van der Waals surface area contributed by atoms with Crippen molar-refractivity contribution < 1.29 is 23.6 Å². The van der Waals surface area contributed by atoms with Crippen LogP contribution in [-0.4, -0.2) is 0 Å². The Balaban J connectivity index is 2.45. The maximum atomic E-state index is 10.1. The highest BCUT2D eigenvalue weighted by atomic mass is 31.2. The van der Waals surface area contributed by atoms with Gasteiger partial charge >= 0.3 is 7.82 Å². The zero-order chi connectivity index (χ0) is 5.33. The Kier molecular flexibility index (Phi) is 1.12. The molecule has 0 aromatic heterocycles. The third kappa shape index (κ3) is 0.805. The van der Waals surface area contributed by atoms with Crippen LogP contribution >= 0.6 is 7.82 Å². The van der Waals surface area contributed by atoms with Crippen molar-refractivity contribution in [2.75, 3.05) is 0 Å². The number of rotatable bonds is 1. The molecule has 1 heterocycles. The van der Waals surface area contributed by atoms with Crippen LogP contribution in [0.4, 0.5) is 0 Å². The molecule has 0 bridgehead atoms. The molecular formula is H2NO5P. The number of nitrogens with two attached hydrogens (primary N) is 1. The Morgan fingerprint density at radius 2 is 2.14 bits per heavy atom. The van der Waals surface area contributed by atoms with Crippen molar-refractivity contribution in [2.24, 2.45) is 5.90 Å². The summed E-state index contributed by atoms with van der Waals surface area (Å²) in [5.41, 5.74) is 0. The third-order valence-electron chi connectivity index (χ3n) is 0.373. The first-order valence-electron chi connectivity index (χ1n) is 1.30. The predicted molar refractivity (Wildman–Crippen MR) is 16.1 cm³/mol. The molecule has 0 radical (unpaired) electrons. The molecule has 0 aromatic rings. The van der Waals surface area contributed by atoms with Crippen LogP contribution in [0, 0.1) is 0 Å². The number of hydrogen-bond acceptors (Lipinski definition) is 6. The van der Waals surface area contributed by atoms with Crippen LogP contribution < -0.4 is 5.90 Å². The Bertz CT molecular complexity index is 92.4. The van der Waals surface area contributed by atoms with Crippen LogP contribution in [0.5, 0.6) is 0 Å². The first kappa shape index (κ1) is 5.17. The summed E-state index contributed by atoms with van der Waals surface area (Å²) in [4.78, 5) is 0. The van der Waals surface area contributed by atoms with Gasteiger partial charge in [-0.1, -0.05) is 9.35 Å². The molecule has 6 nitrogen and oxygen atoms in total. The van der Waals surface area contributed by atoms with E-state index >= 15 is 0 Å². The van der Waals surface area contributed by atoms with Gasteiger partial charge in [-0.15, -0.1) is 0 Å². The van der Waals surface area contributed by atoms with Crippen molar-refractivity contribution in [2.45, 2.75) is 0 Å². The lowest BCUT2D eigenvalue weighted by atomic mass is 13.6. The fourth-order valence-corrected chi connectivity index (χ4v) is 0.346. The van der Waals surface area contributed by atoms with E-state index in [2.05, 4.69) is 24.9 Å². The SMILES string of the molecule is NOP1(=O)OOO1. The maximum absolute atomic E-state index is 10.1. The average Bonchev–Trinajstić information content (AvgIpc) is 1.61. The van der Waals surface area contributed by atoms with Crippen LogP contribution in [0.1, 0.15) is 0 Å². The molecule has 1 saturated heterocycles. The molecule has 2 N–H and O–H groups in total. The molecule has 7 heavy (non-hydrogen) atoms. The Morgan fingerprint density at radius 1 is 1.57 bits per heavy atom. The molecule has 0 amide bonds. The second-order valence-electron chi connectivity index (χ2n) is 0.770. The first-order chi connectivity index (χ1) is 3.27. The molecule has 0 saturated carbocycles. The number of phosphoric acid groups is 1. The minimum atomic E-state index is -3.42. The molecule has 0 aliphatic carbocycles. The maximum Gasteiger partial charge on any atom is 0.550 e. The molecule has 7 heteroatoms.